The van der Waals surface area contributed by atoms with Gasteiger partial charge in [-0.25, -0.2) is 9.97 Å². The van der Waals surface area contributed by atoms with Crippen LogP contribution in [0.4, 0.5) is 5.95 Å². The number of thiophene rings is 1. The van der Waals surface area contributed by atoms with E-state index in [1.165, 1.54) is 11.3 Å². The average Bonchev–Trinajstić information content (AvgIpc) is 3.06. The summed E-state index contributed by atoms with van der Waals surface area (Å²) in [5, 5.41) is 3.80. The van der Waals surface area contributed by atoms with Gasteiger partial charge in [-0.15, -0.1) is 11.3 Å². The minimum absolute atomic E-state index is 0.167. The van der Waals surface area contributed by atoms with Crippen LogP contribution in [0.5, 0.6) is 0 Å². The molecule has 0 atom stereocenters. The van der Waals surface area contributed by atoms with Gasteiger partial charge >= 0.3 is 0 Å². The highest BCUT2D eigenvalue weighted by Gasteiger charge is 2.11. The maximum absolute atomic E-state index is 12.3. The lowest BCUT2D eigenvalue weighted by molar-refractivity contribution is 0.0955. The normalized spacial score (nSPS) is 10.6. The van der Waals surface area contributed by atoms with Crippen LogP contribution in [-0.2, 0) is 6.54 Å². The molecular formula is C16H12Cl2N4OS. The number of hydrogen-bond donors (Lipinski definition) is 2. The topological polar surface area (TPSA) is 80.9 Å². The highest BCUT2D eigenvalue weighted by molar-refractivity contribution is 7.17. The number of hydrogen-bond acceptors (Lipinski definition) is 5. The zero-order chi connectivity index (χ0) is 17.1. The number of nitrogen functional groups attached to an aromatic ring is 1. The van der Waals surface area contributed by atoms with Gasteiger partial charge in [0.2, 0.25) is 5.95 Å². The van der Waals surface area contributed by atoms with Crippen LogP contribution in [0, 0.1) is 0 Å². The van der Waals surface area contributed by atoms with Crippen molar-refractivity contribution in [3.63, 3.8) is 0 Å². The fraction of sp³-hybridized carbons (Fsp3) is 0.0625. The summed E-state index contributed by atoms with van der Waals surface area (Å²) in [6, 6.07) is 10.6. The minimum atomic E-state index is -0.167. The number of halogens is 2. The van der Waals surface area contributed by atoms with Crippen LogP contribution in [0.25, 0.3) is 10.6 Å². The third-order valence-corrected chi connectivity index (χ3v) is 5.04. The second-order valence-electron chi connectivity index (χ2n) is 4.90. The highest BCUT2D eigenvalue weighted by atomic mass is 35.5. The Hall–Kier alpha value is -2.15. The molecule has 0 radical (unpaired) electrons. The van der Waals surface area contributed by atoms with Crippen molar-refractivity contribution < 1.29 is 4.79 Å². The molecule has 0 spiro atoms. The third-order valence-electron chi connectivity index (χ3n) is 3.19. The summed E-state index contributed by atoms with van der Waals surface area (Å²) in [5.41, 5.74) is 7.14. The molecule has 1 amide bonds. The molecule has 3 N–H and O–H groups in total. The molecule has 0 unspecified atom stereocenters. The lowest BCUT2D eigenvalue weighted by Gasteiger charge is -2.05. The van der Waals surface area contributed by atoms with E-state index >= 15 is 0 Å². The van der Waals surface area contributed by atoms with Crippen LogP contribution in [0.3, 0.4) is 0 Å². The molecule has 122 valence electrons. The summed E-state index contributed by atoms with van der Waals surface area (Å²) in [4.78, 5) is 21.7. The van der Waals surface area contributed by atoms with Crippen LogP contribution in [0.1, 0.15) is 15.2 Å². The van der Waals surface area contributed by atoms with E-state index in [9.17, 15) is 4.79 Å². The van der Waals surface area contributed by atoms with Crippen molar-refractivity contribution in [3.05, 3.63) is 63.1 Å². The predicted octanol–water partition coefficient (Wildman–Crippen LogP) is 4.02. The number of rotatable bonds is 4. The molecule has 0 saturated heterocycles. The van der Waals surface area contributed by atoms with Crippen molar-refractivity contribution in [3.8, 4) is 10.6 Å². The molecule has 24 heavy (non-hydrogen) atoms. The van der Waals surface area contributed by atoms with Gasteiger partial charge in [0.15, 0.2) is 0 Å². The van der Waals surface area contributed by atoms with Crippen molar-refractivity contribution in [2.45, 2.75) is 6.54 Å². The summed E-state index contributed by atoms with van der Waals surface area (Å²) in [6.07, 6.45) is 1.58. The Kier molecular flexibility index (Phi) is 4.99. The molecule has 0 aliphatic carbocycles. The largest absolute Gasteiger partial charge is 0.368 e. The second-order valence-corrected chi connectivity index (χ2v) is 6.79. The first-order valence-electron chi connectivity index (χ1n) is 6.94. The van der Waals surface area contributed by atoms with Crippen molar-refractivity contribution in [2.75, 3.05) is 5.73 Å². The summed E-state index contributed by atoms with van der Waals surface area (Å²) in [6.45, 7) is 0.364. The van der Waals surface area contributed by atoms with Crippen molar-refractivity contribution in [1.29, 1.82) is 0 Å². The van der Waals surface area contributed by atoms with Crippen LogP contribution < -0.4 is 11.1 Å². The molecule has 0 fully saturated rings. The standard InChI is InChI=1S/C16H12Cl2N4OS/c17-10-2-1-9(7-11(10)18)8-21-15(23)14-4-3-13(24-14)12-5-6-20-16(19)22-12/h1-7H,8H2,(H,21,23)(H2,19,20,22). The van der Waals surface area contributed by atoms with E-state index in [0.717, 1.165) is 10.4 Å². The number of carbonyl (C=O) groups excluding carboxylic acids is 1. The van der Waals surface area contributed by atoms with Gasteiger partial charge in [0.25, 0.3) is 5.91 Å². The summed E-state index contributed by atoms with van der Waals surface area (Å²) < 4.78 is 0. The van der Waals surface area contributed by atoms with Gasteiger partial charge in [-0.3, -0.25) is 4.79 Å². The number of nitrogens with one attached hydrogen (secondary N) is 1. The predicted molar refractivity (Wildman–Crippen MR) is 97.4 cm³/mol. The van der Waals surface area contributed by atoms with Crippen molar-refractivity contribution in [1.82, 2.24) is 15.3 Å². The number of nitrogens with zero attached hydrogens (tertiary/aromatic N) is 2. The molecule has 0 bridgehead atoms. The Morgan fingerprint density at radius 1 is 1.17 bits per heavy atom. The second kappa shape index (κ2) is 7.17. The molecule has 2 heterocycles. The molecule has 0 saturated carbocycles. The molecule has 0 aliphatic rings. The minimum Gasteiger partial charge on any atom is -0.368 e. The zero-order valence-corrected chi connectivity index (χ0v) is 14.6. The number of benzene rings is 1. The van der Waals surface area contributed by atoms with Gasteiger partial charge in [-0.05, 0) is 35.9 Å². The maximum atomic E-state index is 12.3. The van der Waals surface area contributed by atoms with E-state index < -0.39 is 0 Å². The lowest BCUT2D eigenvalue weighted by Crippen LogP contribution is -2.21. The molecule has 0 aliphatic heterocycles. The van der Waals surface area contributed by atoms with E-state index in [1.54, 1.807) is 30.5 Å². The molecular weight excluding hydrogens is 367 g/mol. The first kappa shape index (κ1) is 16.7. The molecule has 3 rings (SSSR count). The summed E-state index contributed by atoms with van der Waals surface area (Å²) >= 11 is 13.2. The Bertz CT molecular complexity index is 897. The fourth-order valence-electron chi connectivity index (χ4n) is 2.03. The number of nitrogens with two attached hydrogens (primary N) is 1. The number of carbonyl (C=O) groups is 1. The summed E-state index contributed by atoms with van der Waals surface area (Å²) in [5.74, 6) is 0.0332. The third kappa shape index (κ3) is 3.84. The Morgan fingerprint density at radius 2 is 2.00 bits per heavy atom. The van der Waals surface area contributed by atoms with E-state index in [4.69, 9.17) is 28.9 Å². The summed E-state index contributed by atoms with van der Waals surface area (Å²) in [7, 11) is 0. The van der Waals surface area contributed by atoms with Gasteiger partial charge < -0.3 is 11.1 Å². The first-order chi connectivity index (χ1) is 11.5. The molecule has 8 heteroatoms. The smallest absolute Gasteiger partial charge is 0.261 e. The molecule has 3 aromatic rings. The molecule has 1 aromatic carbocycles. The highest BCUT2D eigenvalue weighted by Crippen LogP contribution is 2.27. The average molecular weight is 379 g/mol. The Labute approximate surface area is 152 Å². The monoisotopic (exact) mass is 378 g/mol. The molecule has 2 aromatic heterocycles. The van der Waals surface area contributed by atoms with E-state index in [-0.39, 0.29) is 11.9 Å². The SMILES string of the molecule is Nc1nccc(-c2ccc(C(=O)NCc3ccc(Cl)c(Cl)c3)s2)n1. The van der Waals surface area contributed by atoms with Gasteiger partial charge in [-0.1, -0.05) is 29.3 Å². The lowest BCUT2D eigenvalue weighted by atomic mass is 10.2. The number of amides is 1. The number of aromatic nitrogens is 2. The van der Waals surface area contributed by atoms with Gasteiger partial charge in [-0.2, -0.15) is 0 Å². The van der Waals surface area contributed by atoms with E-state index in [0.29, 0.717) is 27.2 Å². The van der Waals surface area contributed by atoms with E-state index in [2.05, 4.69) is 15.3 Å². The van der Waals surface area contributed by atoms with Gasteiger partial charge in [0, 0.05) is 12.7 Å². The fourth-order valence-corrected chi connectivity index (χ4v) is 3.24. The quantitative estimate of drug-likeness (QED) is 0.717. The van der Waals surface area contributed by atoms with Gasteiger partial charge in [0.05, 0.1) is 25.5 Å². The maximum Gasteiger partial charge on any atom is 0.261 e. The Morgan fingerprint density at radius 3 is 2.75 bits per heavy atom. The first-order valence-corrected chi connectivity index (χ1v) is 8.51. The zero-order valence-electron chi connectivity index (χ0n) is 12.3. The molecule has 5 nitrogen and oxygen atoms in total. The van der Waals surface area contributed by atoms with Crippen molar-refractivity contribution in [2.24, 2.45) is 0 Å². The Balaban J connectivity index is 1.68. The number of anilines is 1. The van der Waals surface area contributed by atoms with Crippen LogP contribution >= 0.6 is 34.5 Å². The van der Waals surface area contributed by atoms with Crippen LogP contribution in [0.2, 0.25) is 10.0 Å². The van der Waals surface area contributed by atoms with E-state index in [1.807, 2.05) is 12.1 Å². The van der Waals surface area contributed by atoms with Crippen LogP contribution in [0.15, 0.2) is 42.6 Å². The van der Waals surface area contributed by atoms with Gasteiger partial charge in [0.1, 0.15) is 0 Å². The van der Waals surface area contributed by atoms with Crippen LogP contribution in [-0.4, -0.2) is 15.9 Å². The van der Waals surface area contributed by atoms with Crippen molar-refractivity contribution >= 4 is 46.4 Å².